The molecular formula is C13H14N2O4. The van der Waals surface area contributed by atoms with Crippen molar-refractivity contribution in [1.82, 2.24) is 5.32 Å². The third-order valence-electron chi connectivity index (χ3n) is 3.78. The van der Waals surface area contributed by atoms with Crippen LogP contribution in [-0.2, 0) is 9.53 Å². The molecule has 1 amide bonds. The molecule has 1 N–H and O–H groups in total. The third kappa shape index (κ3) is 2.19. The third-order valence-corrected chi connectivity index (χ3v) is 3.78. The molecule has 0 radical (unpaired) electrons. The second kappa shape index (κ2) is 4.62. The number of benzene rings is 1. The van der Waals surface area contributed by atoms with Gasteiger partial charge in [-0.15, -0.1) is 0 Å². The smallest absolute Gasteiger partial charge is 0.269 e. The van der Waals surface area contributed by atoms with Gasteiger partial charge in [-0.3, -0.25) is 14.9 Å². The van der Waals surface area contributed by atoms with Gasteiger partial charge in [0.2, 0.25) is 5.91 Å². The van der Waals surface area contributed by atoms with Crippen LogP contribution in [0, 0.1) is 16.0 Å². The van der Waals surface area contributed by atoms with Crippen molar-refractivity contribution in [2.45, 2.75) is 31.6 Å². The van der Waals surface area contributed by atoms with Gasteiger partial charge in [0.05, 0.1) is 16.9 Å². The van der Waals surface area contributed by atoms with E-state index in [-0.39, 0.29) is 23.6 Å². The van der Waals surface area contributed by atoms with Crippen molar-refractivity contribution in [3.8, 4) is 0 Å². The first-order chi connectivity index (χ1) is 9.15. The van der Waals surface area contributed by atoms with Crippen molar-refractivity contribution < 1.29 is 14.5 Å². The minimum absolute atomic E-state index is 0.0195. The van der Waals surface area contributed by atoms with E-state index in [1.807, 2.05) is 0 Å². The molecule has 19 heavy (non-hydrogen) atoms. The fourth-order valence-electron chi connectivity index (χ4n) is 2.77. The van der Waals surface area contributed by atoms with Crippen LogP contribution in [0.25, 0.3) is 0 Å². The number of carbonyl (C=O) groups excluding carboxylic acids is 1. The molecule has 1 aliphatic carbocycles. The summed E-state index contributed by atoms with van der Waals surface area (Å²) in [5.41, 5.74) is 0.772. The van der Waals surface area contributed by atoms with Crippen LogP contribution in [0.2, 0.25) is 0 Å². The molecule has 1 saturated heterocycles. The number of fused-ring (bicyclic) bond motifs is 1. The van der Waals surface area contributed by atoms with Crippen molar-refractivity contribution in [2.24, 2.45) is 5.92 Å². The molecule has 0 aromatic heterocycles. The minimum atomic E-state index is -0.493. The SMILES string of the molecule is O=C1N[C@@H](c2ccc([N+](=O)[O-])cc2)O[C@H]2CCC[C@@H]12. The van der Waals surface area contributed by atoms with Crippen molar-refractivity contribution in [1.29, 1.82) is 0 Å². The average Bonchev–Trinajstić information content (AvgIpc) is 2.87. The Morgan fingerprint density at radius 3 is 2.68 bits per heavy atom. The lowest BCUT2D eigenvalue weighted by Gasteiger charge is -2.32. The Kier molecular flexibility index (Phi) is 2.94. The monoisotopic (exact) mass is 262 g/mol. The molecule has 3 atom stereocenters. The van der Waals surface area contributed by atoms with Crippen LogP contribution in [0.4, 0.5) is 5.69 Å². The largest absolute Gasteiger partial charge is 0.350 e. The Labute approximate surface area is 109 Å². The lowest BCUT2D eigenvalue weighted by molar-refractivity contribution is -0.384. The highest BCUT2D eigenvalue weighted by atomic mass is 16.6. The van der Waals surface area contributed by atoms with E-state index in [4.69, 9.17) is 4.74 Å². The Hall–Kier alpha value is -1.95. The van der Waals surface area contributed by atoms with Crippen molar-refractivity contribution in [2.75, 3.05) is 0 Å². The number of carbonyl (C=O) groups is 1. The lowest BCUT2D eigenvalue weighted by atomic mass is 10.0. The number of ether oxygens (including phenoxy) is 1. The Balaban J connectivity index is 1.78. The number of hydrogen-bond acceptors (Lipinski definition) is 4. The second-order valence-corrected chi connectivity index (χ2v) is 4.95. The summed E-state index contributed by atoms with van der Waals surface area (Å²) in [4.78, 5) is 22.1. The van der Waals surface area contributed by atoms with Gasteiger partial charge >= 0.3 is 0 Å². The molecular weight excluding hydrogens is 248 g/mol. The molecule has 6 heteroatoms. The van der Waals surface area contributed by atoms with Crippen LogP contribution in [0.5, 0.6) is 0 Å². The van der Waals surface area contributed by atoms with Gasteiger partial charge in [-0.05, 0) is 31.4 Å². The zero-order valence-corrected chi connectivity index (χ0v) is 10.2. The van der Waals surface area contributed by atoms with Crippen LogP contribution in [0.1, 0.15) is 31.1 Å². The minimum Gasteiger partial charge on any atom is -0.350 e. The molecule has 1 heterocycles. The molecule has 1 saturated carbocycles. The fourth-order valence-corrected chi connectivity index (χ4v) is 2.77. The predicted molar refractivity (Wildman–Crippen MR) is 66.2 cm³/mol. The van der Waals surface area contributed by atoms with Gasteiger partial charge in [-0.2, -0.15) is 0 Å². The summed E-state index contributed by atoms with van der Waals surface area (Å²) in [5, 5.41) is 13.4. The van der Waals surface area contributed by atoms with Crippen LogP contribution in [0.3, 0.4) is 0 Å². The molecule has 1 aromatic rings. The van der Waals surface area contributed by atoms with Crippen LogP contribution in [-0.4, -0.2) is 16.9 Å². The zero-order chi connectivity index (χ0) is 13.4. The number of nitrogens with one attached hydrogen (secondary N) is 1. The molecule has 3 rings (SSSR count). The van der Waals surface area contributed by atoms with Gasteiger partial charge in [0, 0.05) is 17.7 Å². The quantitative estimate of drug-likeness (QED) is 0.652. The van der Waals surface area contributed by atoms with E-state index in [0.29, 0.717) is 0 Å². The highest BCUT2D eigenvalue weighted by Crippen LogP contribution is 2.35. The number of hydrogen-bond donors (Lipinski definition) is 1. The first-order valence-corrected chi connectivity index (χ1v) is 6.35. The maximum atomic E-state index is 11.9. The van der Waals surface area contributed by atoms with E-state index in [2.05, 4.69) is 5.32 Å². The summed E-state index contributed by atoms with van der Waals surface area (Å²) < 4.78 is 5.87. The molecule has 2 fully saturated rings. The first-order valence-electron chi connectivity index (χ1n) is 6.35. The summed E-state index contributed by atoms with van der Waals surface area (Å²) in [6.07, 6.45) is 2.28. The highest BCUT2D eigenvalue weighted by molar-refractivity contribution is 5.80. The Bertz CT molecular complexity index is 514. The molecule has 6 nitrogen and oxygen atoms in total. The normalized spacial score (nSPS) is 29.7. The van der Waals surface area contributed by atoms with Crippen LogP contribution in [0.15, 0.2) is 24.3 Å². The van der Waals surface area contributed by atoms with Gasteiger partial charge in [-0.25, -0.2) is 0 Å². The summed E-state index contributed by atoms with van der Waals surface area (Å²) in [6, 6.07) is 6.09. The average molecular weight is 262 g/mol. The molecule has 1 aromatic carbocycles. The van der Waals surface area contributed by atoms with Crippen molar-refractivity contribution >= 4 is 11.6 Å². The fraction of sp³-hybridized carbons (Fsp3) is 0.462. The van der Waals surface area contributed by atoms with Gasteiger partial charge in [0.1, 0.15) is 0 Å². The molecule has 1 aliphatic heterocycles. The van der Waals surface area contributed by atoms with E-state index < -0.39 is 11.2 Å². The maximum absolute atomic E-state index is 11.9. The van der Waals surface area contributed by atoms with Crippen LogP contribution >= 0.6 is 0 Å². The topological polar surface area (TPSA) is 81.5 Å². The van der Waals surface area contributed by atoms with Gasteiger partial charge in [0.15, 0.2) is 6.23 Å². The molecule has 0 bridgehead atoms. The van der Waals surface area contributed by atoms with Gasteiger partial charge < -0.3 is 10.1 Å². The molecule has 0 unspecified atom stereocenters. The van der Waals surface area contributed by atoms with Crippen molar-refractivity contribution in [3.63, 3.8) is 0 Å². The summed E-state index contributed by atoms with van der Waals surface area (Å²) in [7, 11) is 0. The summed E-state index contributed by atoms with van der Waals surface area (Å²) >= 11 is 0. The van der Waals surface area contributed by atoms with Crippen LogP contribution < -0.4 is 5.32 Å². The lowest BCUT2D eigenvalue weighted by Crippen LogP contribution is -2.46. The molecule has 100 valence electrons. The van der Waals surface area contributed by atoms with Crippen molar-refractivity contribution in [3.05, 3.63) is 39.9 Å². The highest BCUT2D eigenvalue weighted by Gasteiger charge is 2.40. The van der Waals surface area contributed by atoms with E-state index in [9.17, 15) is 14.9 Å². The number of non-ortho nitro benzene ring substituents is 1. The van der Waals surface area contributed by atoms with Gasteiger partial charge in [-0.1, -0.05) is 0 Å². The summed E-state index contributed by atoms with van der Waals surface area (Å²) in [5.74, 6) is -0.00796. The Morgan fingerprint density at radius 1 is 1.26 bits per heavy atom. The summed E-state index contributed by atoms with van der Waals surface area (Å²) in [6.45, 7) is 0. The molecule has 0 spiro atoms. The number of nitro groups is 1. The van der Waals surface area contributed by atoms with E-state index in [0.717, 1.165) is 24.8 Å². The number of nitrogens with zero attached hydrogens (tertiary/aromatic N) is 1. The predicted octanol–water partition coefficient (Wildman–Crippen LogP) is 1.91. The number of amides is 1. The standard InChI is InChI=1S/C13H14N2O4/c16-12-10-2-1-3-11(10)19-13(14-12)8-4-6-9(7-5-8)15(17)18/h4-7,10-11,13H,1-3H2,(H,14,16)/t10-,11+,13-/m1/s1. The molecule has 2 aliphatic rings. The first kappa shape index (κ1) is 12.1. The van der Waals surface area contributed by atoms with E-state index in [1.165, 1.54) is 12.1 Å². The van der Waals surface area contributed by atoms with Gasteiger partial charge in [0.25, 0.3) is 5.69 Å². The zero-order valence-electron chi connectivity index (χ0n) is 10.2. The number of nitro benzene ring substituents is 1. The van der Waals surface area contributed by atoms with E-state index in [1.54, 1.807) is 12.1 Å². The Morgan fingerprint density at radius 2 is 2.00 bits per heavy atom. The van der Waals surface area contributed by atoms with E-state index >= 15 is 0 Å². The second-order valence-electron chi connectivity index (χ2n) is 4.95. The maximum Gasteiger partial charge on any atom is 0.269 e. The number of rotatable bonds is 2.